The monoisotopic (exact) mass is 378 g/mol. The van der Waals surface area contributed by atoms with E-state index in [9.17, 15) is 19.8 Å². The summed E-state index contributed by atoms with van der Waals surface area (Å²) in [4.78, 5) is 32.6. The minimum atomic E-state index is -0.614. The molecule has 7 heteroatoms. The van der Waals surface area contributed by atoms with Crippen molar-refractivity contribution in [2.75, 3.05) is 13.1 Å². The van der Waals surface area contributed by atoms with Gasteiger partial charge in [0.15, 0.2) is 0 Å². The van der Waals surface area contributed by atoms with Crippen LogP contribution in [-0.4, -0.2) is 44.8 Å². The lowest BCUT2D eigenvalue weighted by atomic mass is 9.84. The first kappa shape index (κ1) is 19.6. The Morgan fingerprint density at radius 2 is 1.59 bits per heavy atom. The normalized spacial score (nSPS) is 23.3. The highest BCUT2D eigenvalue weighted by Crippen LogP contribution is 2.34. The van der Waals surface area contributed by atoms with Crippen LogP contribution in [0.3, 0.4) is 0 Å². The molecule has 1 aromatic heterocycles. The highest BCUT2D eigenvalue weighted by molar-refractivity contribution is 5.83. The molecular formula is C20H30N2O5. The first-order chi connectivity index (χ1) is 12.8. The molecule has 3 aliphatic rings. The third kappa shape index (κ3) is 4.76. The molecule has 1 amide bonds. The third-order valence-corrected chi connectivity index (χ3v) is 5.77. The number of amides is 1. The topological polar surface area (TPSA) is 92.0 Å². The van der Waals surface area contributed by atoms with Gasteiger partial charge in [-0.15, -0.1) is 4.73 Å². The lowest BCUT2D eigenvalue weighted by molar-refractivity contribution is -0.153. The Bertz CT molecular complexity index is 642. The molecule has 0 radical (unpaired) electrons. The minimum Gasteiger partial charge on any atom is -0.492 e. The van der Waals surface area contributed by atoms with Gasteiger partial charge in [-0.3, -0.25) is 4.79 Å². The van der Waals surface area contributed by atoms with Crippen molar-refractivity contribution >= 4 is 11.9 Å². The maximum Gasteiger partial charge on any atom is 0.336 e. The van der Waals surface area contributed by atoms with Crippen molar-refractivity contribution in [1.29, 1.82) is 0 Å². The molecule has 27 heavy (non-hydrogen) atoms. The van der Waals surface area contributed by atoms with E-state index >= 15 is 0 Å². The van der Waals surface area contributed by atoms with Crippen molar-refractivity contribution < 1.29 is 24.6 Å². The number of nitrogens with zero attached hydrogens (tertiary/aromatic N) is 2. The van der Waals surface area contributed by atoms with E-state index in [1.54, 1.807) is 0 Å². The van der Waals surface area contributed by atoms with Crippen molar-refractivity contribution in [3.05, 3.63) is 12.1 Å². The van der Waals surface area contributed by atoms with Gasteiger partial charge in [-0.2, -0.15) is 0 Å². The number of aromatic hydroxyl groups is 2. The summed E-state index contributed by atoms with van der Waals surface area (Å²) in [5.74, 6) is -0.579. The van der Waals surface area contributed by atoms with E-state index in [-0.39, 0.29) is 30.0 Å². The smallest absolute Gasteiger partial charge is 0.336 e. The molecule has 1 aliphatic carbocycles. The van der Waals surface area contributed by atoms with Crippen LogP contribution in [0.4, 0.5) is 0 Å². The Kier molecular flexibility index (Phi) is 5.97. The molecule has 150 valence electrons. The summed E-state index contributed by atoms with van der Waals surface area (Å²) in [7, 11) is 0. The van der Waals surface area contributed by atoms with E-state index in [1.165, 1.54) is 37.8 Å². The van der Waals surface area contributed by atoms with Gasteiger partial charge in [-0.1, -0.05) is 13.8 Å². The van der Waals surface area contributed by atoms with E-state index in [1.807, 2.05) is 18.7 Å². The van der Waals surface area contributed by atoms with Gasteiger partial charge in [0.2, 0.25) is 17.7 Å². The first-order valence-corrected chi connectivity index (χ1v) is 9.93. The fraction of sp³-hybridized carbons (Fsp3) is 0.700. The summed E-state index contributed by atoms with van der Waals surface area (Å²) in [5.41, 5.74) is 0. The standard InChI is InChI=1S/C20H30N2O5/c1-13(2)9-16(20(26)27-22-17(23)7-8-18(22)24)10-19(25)21-11-14-3-4-15(12-21)6-5-14/h7-8,13-16,23-24H,3-6,9-12H2,1-2H3. The fourth-order valence-electron chi connectivity index (χ4n) is 4.33. The number of rotatable bonds is 6. The predicted molar refractivity (Wildman–Crippen MR) is 98.9 cm³/mol. The molecule has 0 spiro atoms. The van der Waals surface area contributed by atoms with Gasteiger partial charge in [0.25, 0.3) is 0 Å². The summed E-state index contributed by atoms with van der Waals surface area (Å²) < 4.78 is 0.687. The van der Waals surface area contributed by atoms with E-state index in [2.05, 4.69) is 0 Å². The summed E-state index contributed by atoms with van der Waals surface area (Å²) in [6.07, 6.45) is 5.37. The second kappa shape index (κ2) is 8.23. The van der Waals surface area contributed by atoms with Crippen molar-refractivity contribution in [1.82, 2.24) is 9.63 Å². The van der Waals surface area contributed by atoms with Crippen molar-refractivity contribution in [2.24, 2.45) is 23.7 Å². The number of hydrogen-bond acceptors (Lipinski definition) is 5. The number of carbonyl (C=O) groups is 2. The van der Waals surface area contributed by atoms with Gasteiger partial charge in [0.05, 0.1) is 5.92 Å². The molecule has 3 fully saturated rings. The van der Waals surface area contributed by atoms with E-state index in [0.717, 1.165) is 13.1 Å². The van der Waals surface area contributed by atoms with Gasteiger partial charge in [-0.05, 0) is 49.9 Å². The van der Waals surface area contributed by atoms with Crippen LogP contribution >= 0.6 is 0 Å². The molecule has 2 N–H and O–H groups in total. The van der Waals surface area contributed by atoms with Crippen LogP contribution in [0.2, 0.25) is 0 Å². The van der Waals surface area contributed by atoms with Gasteiger partial charge >= 0.3 is 5.97 Å². The van der Waals surface area contributed by atoms with Gasteiger partial charge in [0, 0.05) is 31.6 Å². The molecule has 7 nitrogen and oxygen atoms in total. The largest absolute Gasteiger partial charge is 0.492 e. The lowest BCUT2D eigenvalue weighted by Gasteiger charge is -2.25. The van der Waals surface area contributed by atoms with E-state index in [0.29, 0.717) is 23.0 Å². The van der Waals surface area contributed by atoms with Crippen LogP contribution in [0.15, 0.2) is 12.1 Å². The molecule has 2 aliphatic heterocycles. The second-order valence-corrected chi connectivity index (χ2v) is 8.47. The average Bonchev–Trinajstić information content (AvgIpc) is 2.84. The van der Waals surface area contributed by atoms with E-state index < -0.39 is 11.9 Å². The van der Waals surface area contributed by atoms with Crippen LogP contribution in [0.5, 0.6) is 11.8 Å². The van der Waals surface area contributed by atoms with Crippen LogP contribution in [0.1, 0.15) is 52.4 Å². The summed E-state index contributed by atoms with van der Waals surface area (Å²) >= 11 is 0. The quantitative estimate of drug-likeness (QED) is 0.794. The molecule has 3 heterocycles. The van der Waals surface area contributed by atoms with Crippen molar-refractivity contribution in [3.8, 4) is 11.8 Å². The minimum absolute atomic E-state index is 0.00245. The van der Waals surface area contributed by atoms with Gasteiger partial charge < -0.3 is 20.0 Å². The molecule has 1 saturated carbocycles. The first-order valence-electron chi connectivity index (χ1n) is 9.93. The summed E-state index contributed by atoms with van der Waals surface area (Å²) in [6, 6.07) is 2.47. The molecule has 1 unspecified atom stereocenters. The zero-order valence-electron chi connectivity index (χ0n) is 16.1. The van der Waals surface area contributed by atoms with Crippen LogP contribution in [-0.2, 0) is 9.59 Å². The zero-order chi connectivity index (χ0) is 19.6. The van der Waals surface area contributed by atoms with Crippen LogP contribution in [0, 0.1) is 23.7 Å². The Morgan fingerprint density at radius 3 is 2.07 bits per heavy atom. The number of aromatic nitrogens is 1. The van der Waals surface area contributed by atoms with Crippen molar-refractivity contribution in [3.63, 3.8) is 0 Å². The predicted octanol–water partition coefficient (Wildman–Crippen LogP) is 2.56. The van der Waals surface area contributed by atoms with Gasteiger partial charge in [-0.25, -0.2) is 4.79 Å². The molecule has 2 bridgehead atoms. The second-order valence-electron chi connectivity index (χ2n) is 8.47. The SMILES string of the molecule is CC(C)CC(CC(=O)N1CC2CCC(CC2)C1)C(=O)On1c(O)ccc1O. The summed E-state index contributed by atoms with van der Waals surface area (Å²) in [5, 5.41) is 19.4. The zero-order valence-corrected chi connectivity index (χ0v) is 16.1. The van der Waals surface area contributed by atoms with Crippen molar-refractivity contribution in [2.45, 2.75) is 52.4 Å². The molecule has 1 atom stereocenters. The van der Waals surface area contributed by atoms with Crippen LogP contribution < -0.4 is 4.84 Å². The lowest BCUT2D eigenvalue weighted by Crippen LogP contribution is -2.38. The fourth-order valence-corrected chi connectivity index (χ4v) is 4.33. The molecule has 1 aromatic rings. The molecule has 0 aromatic carbocycles. The van der Waals surface area contributed by atoms with Crippen LogP contribution in [0.25, 0.3) is 0 Å². The Hall–Kier alpha value is -2.18. The van der Waals surface area contributed by atoms with E-state index in [4.69, 9.17) is 4.84 Å². The highest BCUT2D eigenvalue weighted by Gasteiger charge is 2.34. The highest BCUT2D eigenvalue weighted by atomic mass is 16.7. The maximum absolute atomic E-state index is 12.9. The number of hydrogen-bond donors (Lipinski definition) is 2. The third-order valence-electron chi connectivity index (χ3n) is 5.77. The Balaban J connectivity index is 1.67. The Labute approximate surface area is 159 Å². The summed E-state index contributed by atoms with van der Waals surface area (Å²) in [6.45, 7) is 5.55. The molecule has 2 saturated heterocycles. The average molecular weight is 378 g/mol. The maximum atomic E-state index is 12.9. The number of carbonyl (C=O) groups excluding carboxylic acids is 2. The molecular weight excluding hydrogens is 348 g/mol. The Morgan fingerprint density at radius 1 is 1.07 bits per heavy atom. The van der Waals surface area contributed by atoms with Gasteiger partial charge in [0.1, 0.15) is 0 Å². The number of fused-ring (bicyclic) bond motifs is 4. The molecule has 4 rings (SSSR count).